The summed E-state index contributed by atoms with van der Waals surface area (Å²) in [6, 6.07) is 9.09. The lowest BCUT2D eigenvalue weighted by Crippen LogP contribution is -2.34. The highest BCUT2D eigenvalue weighted by Gasteiger charge is 2.15. The molecular formula is C19H20FN5O2. The van der Waals surface area contributed by atoms with Gasteiger partial charge in [0.25, 0.3) is 5.56 Å². The zero-order valence-electron chi connectivity index (χ0n) is 15.4. The van der Waals surface area contributed by atoms with Crippen LogP contribution < -0.4 is 10.9 Å². The molecule has 0 unspecified atom stereocenters. The van der Waals surface area contributed by atoms with Crippen molar-refractivity contribution in [1.82, 2.24) is 24.6 Å². The third-order valence-corrected chi connectivity index (χ3v) is 4.02. The van der Waals surface area contributed by atoms with Crippen molar-refractivity contribution in [2.45, 2.75) is 33.9 Å². The highest BCUT2D eigenvalue weighted by molar-refractivity contribution is 5.75. The first-order valence-electron chi connectivity index (χ1n) is 8.47. The molecule has 2 aromatic heterocycles. The van der Waals surface area contributed by atoms with E-state index in [0.29, 0.717) is 11.6 Å². The number of carbonyl (C=O) groups is 1. The van der Waals surface area contributed by atoms with E-state index in [9.17, 15) is 14.0 Å². The number of carbonyl (C=O) groups excluding carboxylic acids is 1. The molecule has 3 aromatic rings. The van der Waals surface area contributed by atoms with Crippen LogP contribution in [0.25, 0.3) is 5.95 Å². The van der Waals surface area contributed by atoms with Gasteiger partial charge in [-0.2, -0.15) is 5.10 Å². The topological polar surface area (TPSA) is 81.8 Å². The average Bonchev–Trinajstić information content (AvgIpc) is 2.94. The molecule has 0 saturated carbocycles. The monoisotopic (exact) mass is 369 g/mol. The van der Waals surface area contributed by atoms with E-state index in [0.717, 1.165) is 17.0 Å². The summed E-state index contributed by atoms with van der Waals surface area (Å²) in [5.41, 5.74) is 2.58. The van der Waals surface area contributed by atoms with Gasteiger partial charge < -0.3 is 5.32 Å². The van der Waals surface area contributed by atoms with Crippen LogP contribution in [0.15, 0.2) is 41.2 Å². The van der Waals surface area contributed by atoms with Gasteiger partial charge in [-0.3, -0.25) is 14.2 Å². The third-order valence-electron chi connectivity index (χ3n) is 4.02. The lowest BCUT2D eigenvalue weighted by molar-refractivity contribution is -0.121. The minimum Gasteiger partial charge on any atom is -0.350 e. The Morgan fingerprint density at radius 3 is 2.44 bits per heavy atom. The molecule has 2 heterocycles. The number of halogens is 1. The number of amides is 1. The highest BCUT2D eigenvalue weighted by Crippen LogP contribution is 2.09. The summed E-state index contributed by atoms with van der Waals surface area (Å²) in [5.74, 6) is -0.394. The molecule has 0 atom stereocenters. The smallest absolute Gasteiger partial charge is 0.255 e. The molecule has 3 rings (SSSR count). The summed E-state index contributed by atoms with van der Waals surface area (Å²) in [6.45, 7) is 5.46. The summed E-state index contributed by atoms with van der Waals surface area (Å²) >= 11 is 0. The number of hydrogen-bond donors (Lipinski definition) is 1. The van der Waals surface area contributed by atoms with Crippen molar-refractivity contribution in [3.8, 4) is 5.95 Å². The van der Waals surface area contributed by atoms with E-state index in [1.807, 2.05) is 19.9 Å². The van der Waals surface area contributed by atoms with E-state index in [-0.39, 0.29) is 30.4 Å². The van der Waals surface area contributed by atoms with Gasteiger partial charge in [-0.1, -0.05) is 12.1 Å². The van der Waals surface area contributed by atoms with E-state index < -0.39 is 0 Å². The Bertz CT molecular complexity index is 1040. The lowest BCUT2D eigenvalue weighted by Gasteiger charge is -2.13. The van der Waals surface area contributed by atoms with E-state index in [1.165, 1.54) is 22.8 Å². The Morgan fingerprint density at radius 2 is 1.81 bits per heavy atom. The van der Waals surface area contributed by atoms with E-state index in [4.69, 9.17) is 0 Å². The molecular weight excluding hydrogens is 349 g/mol. The second-order valence-electron chi connectivity index (χ2n) is 6.36. The number of nitrogens with zero attached hydrogens (tertiary/aromatic N) is 4. The van der Waals surface area contributed by atoms with Gasteiger partial charge in [-0.15, -0.1) is 0 Å². The van der Waals surface area contributed by atoms with Crippen LogP contribution in [0.2, 0.25) is 0 Å². The molecule has 0 radical (unpaired) electrons. The van der Waals surface area contributed by atoms with Crippen LogP contribution in [0.4, 0.5) is 4.39 Å². The minimum atomic E-state index is -0.352. The van der Waals surface area contributed by atoms with Gasteiger partial charge in [0.15, 0.2) is 0 Å². The average molecular weight is 369 g/mol. The van der Waals surface area contributed by atoms with E-state index in [1.54, 1.807) is 23.7 Å². The fraction of sp³-hybridized carbons (Fsp3) is 0.263. The summed E-state index contributed by atoms with van der Waals surface area (Å²) in [6.07, 6.45) is 0. The number of aryl methyl sites for hydroxylation is 3. The Hall–Kier alpha value is -3.29. The Morgan fingerprint density at radius 1 is 1.11 bits per heavy atom. The van der Waals surface area contributed by atoms with Crippen LogP contribution in [0.3, 0.4) is 0 Å². The van der Waals surface area contributed by atoms with Crippen LogP contribution in [0, 0.1) is 26.6 Å². The second-order valence-corrected chi connectivity index (χ2v) is 6.36. The molecule has 0 fully saturated rings. The van der Waals surface area contributed by atoms with Gasteiger partial charge in [0, 0.05) is 24.0 Å². The number of rotatable bonds is 5. The Labute approximate surface area is 155 Å². The zero-order chi connectivity index (χ0) is 19.6. The number of aromatic nitrogens is 4. The van der Waals surface area contributed by atoms with Crippen molar-refractivity contribution in [2.24, 2.45) is 0 Å². The van der Waals surface area contributed by atoms with E-state index >= 15 is 0 Å². The van der Waals surface area contributed by atoms with Crippen LogP contribution in [0.5, 0.6) is 0 Å². The molecule has 140 valence electrons. The largest absolute Gasteiger partial charge is 0.350 e. The van der Waals surface area contributed by atoms with Gasteiger partial charge in [0.2, 0.25) is 11.9 Å². The molecule has 0 aliphatic heterocycles. The molecule has 27 heavy (non-hydrogen) atoms. The standard InChI is InChI=1S/C19H20FN5O2/c1-12-9-18(27)24(19(22-12)25-14(3)8-13(2)23-25)11-17(26)21-10-15-4-6-16(20)7-5-15/h4-9H,10-11H2,1-3H3,(H,21,26). The van der Waals surface area contributed by atoms with Crippen LogP contribution in [-0.4, -0.2) is 25.2 Å². The normalized spacial score (nSPS) is 10.8. The summed E-state index contributed by atoms with van der Waals surface area (Å²) in [7, 11) is 0. The molecule has 0 saturated heterocycles. The minimum absolute atomic E-state index is 0.193. The maximum atomic E-state index is 12.9. The predicted octanol–water partition coefficient (Wildman–Crippen LogP) is 1.81. The van der Waals surface area contributed by atoms with Crippen molar-refractivity contribution in [1.29, 1.82) is 0 Å². The lowest BCUT2D eigenvalue weighted by atomic mass is 10.2. The highest BCUT2D eigenvalue weighted by atomic mass is 19.1. The first-order valence-corrected chi connectivity index (χ1v) is 8.47. The molecule has 1 amide bonds. The molecule has 1 aromatic carbocycles. The molecule has 8 heteroatoms. The molecule has 1 N–H and O–H groups in total. The second kappa shape index (κ2) is 7.53. The van der Waals surface area contributed by atoms with Crippen molar-refractivity contribution >= 4 is 5.91 Å². The van der Waals surface area contributed by atoms with Crippen molar-refractivity contribution in [3.05, 3.63) is 75.2 Å². The molecule has 0 bridgehead atoms. The van der Waals surface area contributed by atoms with Crippen molar-refractivity contribution in [3.63, 3.8) is 0 Å². The van der Waals surface area contributed by atoms with E-state index in [2.05, 4.69) is 15.4 Å². The van der Waals surface area contributed by atoms with Crippen molar-refractivity contribution < 1.29 is 9.18 Å². The fourth-order valence-corrected chi connectivity index (χ4v) is 2.75. The first kappa shape index (κ1) is 18.5. The van der Waals surface area contributed by atoms with Gasteiger partial charge in [-0.05, 0) is 44.5 Å². The molecule has 0 aliphatic carbocycles. The Kier molecular flexibility index (Phi) is 5.16. The molecule has 0 spiro atoms. The molecule has 7 nitrogen and oxygen atoms in total. The SMILES string of the molecule is Cc1cc(=O)n(CC(=O)NCc2ccc(F)cc2)c(-n2nc(C)cc2C)n1. The quantitative estimate of drug-likeness (QED) is 0.744. The maximum Gasteiger partial charge on any atom is 0.255 e. The number of benzene rings is 1. The van der Waals surface area contributed by atoms with Crippen LogP contribution >= 0.6 is 0 Å². The maximum absolute atomic E-state index is 12.9. The summed E-state index contributed by atoms with van der Waals surface area (Å²) < 4.78 is 15.8. The molecule has 0 aliphatic rings. The van der Waals surface area contributed by atoms with Crippen LogP contribution in [0.1, 0.15) is 22.6 Å². The van der Waals surface area contributed by atoms with Gasteiger partial charge in [0.1, 0.15) is 12.4 Å². The fourth-order valence-electron chi connectivity index (χ4n) is 2.75. The zero-order valence-corrected chi connectivity index (χ0v) is 15.4. The van der Waals surface area contributed by atoms with Crippen LogP contribution in [-0.2, 0) is 17.9 Å². The van der Waals surface area contributed by atoms with Gasteiger partial charge in [0.05, 0.1) is 5.69 Å². The van der Waals surface area contributed by atoms with Gasteiger partial charge >= 0.3 is 0 Å². The summed E-state index contributed by atoms with van der Waals surface area (Å²) in [4.78, 5) is 29.2. The first-order chi connectivity index (χ1) is 12.8. The third kappa shape index (κ3) is 4.28. The Balaban J connectivity index is 1.83. The predicted molar refractivity (Wildman–Crippen MR) is 98.1 cm³/mol. The number of hydrogen-bond acceptors (Lipinski definition) is 4. The number of nitrogens with one attached hydrogen (secondary N) is 1. The van der Waals surface area contributed by atoms with Crippen molar-refractivity contribution in [2.75, 3.05) is 0 Å². The summed E-state index contributed by atoms with van der Waals surface area (Å²) in [5, 5.41) is 7.09. The van der Waals surface area contributed by atoms with Gasteiger partial charge in [-0.25, -0.2) is 14.1 Å².